The van der Waals surface area contributed by atoms with Gasteiger partial charge >= 0.3 is 6.09 Å². The zero-order valence-electron chi connectivity index (χ0n) is 14.4. The Kier molecular flexibility index (Phi) is 4.96. The number of nitrogens with zero attached hydrogens (tertiary/aromatic N) is 2. The Bertz CT molecular complexity index is 539. The van der Waals surface area contributed by atoms with Crippen LogP contribution in [0.4, 0.5) is 4.79 Å². The van der Waals surface area contributed by atoms with Crippen LogP contribution >= 0.6 is 0 Å². The second-order valence-electron chi connectivity index (χ2n) is 7.26. The lowest BCUT2D eigenvalue weighted by Gasteiger charge is -2.35. The van der Waals surface area contributed by atoms with Crippen molar-refractivity contribution < 1.29 is 19.4 Å². The summed E-state index contributed by atoms with van der Waals surface area (Å²) in [5.41, 5.74) is -0.405. The third-order valence-corrected chi connectivity index (χ3v) is 3.75. The van der Waals surface area contributed by atoms with Crippen LogP contribution in [0.5, 0.6) is 0 Å². The Balaban J connectivity index is 2.28. The van der Waals surface area contributed by atoms with E-state index in [1.165, 1.54) is 0 Å². The number of amides is 1. The minimum atomic E-state index is -0.840. The van der Waals surface area contributed by atoms with E-state index in [9.17, 15) is 9.90 Å². The molecule has 1 aliphatic rings. The average Bonchev–Trinajstić information content (AvgIpc) is 2.68. The summed E-state index contributed by atoms with van der Waals surface area (Å²) < 4.78 is 11.4. The maximum atomic E-state index is 12.7. The molecule has 0 radical (unpaired) electrons. The molecule has 0 aromatic carbocycles. The van der Waals surface area contributed by atoms with Crippen LogP contribution in [0.2, 0.25) is 0 Å². The molecule has 2 atom stereocenters. The molecule has 0 aliphatic carbocycles. The molecule has 128 valence electrons. The second-order valence-corrected chi connectivity index (χ2v) is 7.26. The highest BCUT2D eigenvalue weighted by molar-refractivity contribution is 5.70. The predicted molar refractivity (Wildman–Crippen MR) is 85.8 cm³/mol. The molecule has 23 heavy (non-hydrogen) atoms. The molecule has 1 fully saturated rings. The lowest BCUT2D eigenvalue weighted by atomic mass is 10.0. The largest absolute Gasteiger partial charge is 0.444 e. The van der Waals surface area contributed by atoms with Crippen molar-refractivity contribution in [2.24, 2.45) is 0 Å². The highest BCUT2D eigenvalue weighted by Gasteiger charge is 2.50. The first kappa shape index (κ1) is 17.7. The van der Waals surface area contributed by atoms with E-state index in [2.05, 4.69) is 4.98 Å². The number of aliphatic hydroxyl groups is 1. The van der Waals surface area contributed by atoms with Gasteiger partial charge in [0.1, 0.15) is 17.4 Å². The molecular formula is C17H26N2O4. The van der Waals surface area contributed by atoms with E-state index < -0.39 is 23.5 Å². The Morgan fingerprint density at radius 1 is 1.39 bits per heavy atom. The van der Waals surface area contributed by atoms with Gasteiger partial charge in [0.25, 0.3) is 0 Å². The summed E-state index contributed by atoms with van der Waals surface area (Å²) in [7, 11) is 0. The van der Waals surface area contributed by atoms with Crippen LogP contribution in [-0.2, 0) is 15.9 Å². The predicted octanol–water partition coefficient (Wildman–Crippen LogP) is 2.36. The van der Waals surface area contributed by atoms with Crippen molar-refractivity contribution in [3.8, 4) is 0 Å². The standard InChI is InChI=1S/C17H26N2O4/c1-16(2,3)23-15(21)19-13(10-12-6-8-18-9-7-12)14(11-20)22-17(19,4)5/h6-9,13-14,20H,10-11H2,1-5H3/t13-,14+/m0/s1. The summed E-state index contributed by atoms with van der Waals surface area (Å²) in [5, 5.41) is 9.66. The molecule has 0 saturated carbocycles. The molecule has 1 aromatic rings. The number of pyridine rings is 1. The number of aliphatic hydroxyl groups excluding tert-OH is 1. The first-order valence-corrected chi connectivity index (χ1v) is 7.84. The monoisotopic (exact) mass is 322 g/mol. The van der Waals surface area contributed by atoms with Crippen LogP contribution in [0.25, 0.3) is 0 Å². The highest BCUT2D eigenvalue weighted by Crippen LogP contribution is 2.35. The van der Waals surface area contributed by atoms with E-state index >= 15 is 0 Å². The molecule has 0 bridgehead atoms. The van der Waals surface area contributed by atoms with Crippen LogP contribution in [0, 0.1) is 0 Å². The Morgan fingerprint density at radius 2 is 2.00 bits per heavy atom. The van der Waals surface area contributed by atoms with E-state index in [0.717, 1.165) is 5.56 Å². The molecule has 0 spiro atoms. The first-order valence-electron chi connectivity index (χ1n) is 7.84. The van der Waals surface area contributed by atoms with Crippen LogP contribution in [0.1, 0.15) is 40.2 Å². The maximum Gasteiger partial charge on any atom is 0.412 e. The van der Waals surface area contributed by atoms with Crippen molar-refractivity contribution in [2.75, 3.05) is 6.61 Å². The third kappa shape index (κ3) is 4.20. The molecule has 6 heteroatoms. The Morgan fingerprint density at radius 3 is 2.52 bits per heavy atom. The fraction of sp³-hybridized carbons (Fsp3) is 0.647. The van der Waals surface area contributed by atoms with E-state index in [4.69, 9.17) is 9.47 Å². The van der Waals surface area contributed by atoms with Gasteiger partial charge in [0.2, 0.25) is 0 Å². The second kappa shape index (κ2) is 6.45. The van der Waals surface area contributed by atoms with Crippen molar-refractivity contribution in [1.82, 2.24) is 9.88 Å². The first-order chi connectivity index (χ1) is 10.6. The van der Waals surface area contributed by atoms with Crippen molar-refractivity contribution in [3.05, 3.63) is 30.1 Å². The van der Waals surface area contributed by atoms with Gasteiger partial charge in [-0.3, -0.25) is 9.88 Å². The van der Waals surface area contributed by atoms with Crippen molar-refractivity contribution in [1.29, 1.82) is 0 Å². The Labute approximate surface area is 137 Å². The molecule has 6 nitrogen and oxygen atoms in total. The zero-order valence-corrected chi connectivity index (χ0v) is 14.4. The summed E-state index contributed by atoms with van der Waals surface area (Å²) in [4.78, 5) is 18.3. The van der Waals surface area contributed by atoms with Gasteiger partial charge in [0.05, 0.1) is 12.6 Å². The topological polar surface area (TPSA) is 71.9 Å². The van der Waals surface area contributed by atoms with Gasteiger partial charge in [-0.1, -0.05) is 0 Å². The van der Waals surface area contributed by atoms with Crippen LogP contribution in [0.15, 0.2) is 24.5 Å². The Hall–Kier alpha value is -1.66. The molecule has 2 heterocycles. The van der Waals surface area contributed by atoms with Gasteiger partial charge in [-0.25, -0.2) is 4.79 Å². The van der Waals surface area contributed by atoms with Crippen molar-refractivity contribution >= 4 is 6.09 Å². The smallest absolute Gasteiger partial charge is 0.412 e. The molecular weight excluding hydrogens is 296 g/mol. The van der Waals surface area contributed by atoms with Gasteiger partial charge in [-0.15, -0.1) is 0 Å². The molecule has 0 unspecified atom stereocenters. The van der Waals surface area contributed by atoms with Crippen molar-refractivity contribution in [3.63, 3.8) is 0 Å². The van der Waals surface area contributed by atoms with Gasteiger partial charge in [-0.2, -0.15) is 0 Å². The minimum Gasteiger partial charge on any atom is -0.444 e. The number of carbonyl (C=O) groups is 1. The van der Waals surface area contributed by atoms with Gasteiger partial charge in [-0.05, 0) is 58.7 Å². The molecule has 1 amide bonds. The molecule has 1 N–H and O–H groups in total. The van der Waals surface area contributed by atoms with Gasteiger partial charge < -0.3 is 14.6 Å². The lowest BCUT2D eigenvalue weighted by Crippen LogP contribution is -2.51. The van der Waals surface area contributed by atoms with Crippen LogP contribution in [0.3, 0.4) is 0 Å². The maximum absolute atomic E-state index is 12.7. The normalized spacial score (nSPS) is 23.8. The minimum absolute atomic E-state index is 0.154. The highest BCUT2D eigenvalue weighted by atomic mass is 16.6. The molecule has 1 aromatic heterocycles. The summed E-state index contributed by atoms with van der Waals surface area (Å²) in [6, 6.07) is 3.49. The molecule has 1 saturated heterocycles. The SMILES string of the molecule is CC(C)(C)OC(=O)N1[C@@H](Cc2ccncc2)[C@@H](CO)OC1(C)C. The summed E-state index contributed by atoms with van der Waals surface area (Å²) in [6.45, 7) is 8.96. The number of carbonyl (C=O) groups excluding carboxylic acids is 1. The number of rotatable bonds is 3. The number of ether oxygens (including phenoxy) is 2. The average molecular weight is 322 g/mol. The lowest BCUT2D eigenvalue weighted by molar-refractivity contribution is -0.0866. The third-order valence-electron chi connectivity index (χ3n) is 3.75. The fourth-order valence-corrected chi connectivity index (χ4v) is 2.88. The van der Waals surface area contributed by atoms with Crippen molar-refractivity contribution in [2.45, 2.75) is 64.5 Å². The van der Waals surface area contributed by atoms with Gasteiger partial charge in [0.15, 0.2) is 0 Å². The summed E-state index contributed by atoms with van der Waals surface area (Å²) in [5.74, 6) is 0. The van der Waals surface area contributed by atoms with Gasteiger partial charge in [0, 0.05) is 12.4 Å². The summed E-state index contributed by atoms with van der Waals surface area (Å²) >= 11 is 0. The number of aromatic nitrogens is 1. The van der Waals surface area contributed by atoms with E-state index in [1.54, 1.807) is 17.3 Å². The van der Waals surface area contributed by atoms with Crippen LogP contribution in [-0.4, -0.2) is 51.2 Å². The quantitative estimate of drug-likeness (QED) is 0.925. The fourth-order valence-electron chi connectivity index (χ4n) is 2.88. The number of hydrogen-bond acceptors (Lipinski definition) is 5. The van der Waals surface area contributed by atoms with E-state index in [-0.39, 0.29) is 12.6 Å². The van der Waals surface area contributed by atoms with E-state index in [0.29, 0.717) is 6.42 Å². The van der Waals surface area contributed by atoms with E-state index in [1.807, 2.05) is 46.8 Å². The molecule has 2 rings (SSSR count). The van der Waals surface area contributed by atoms with Crippen LogP contribution < -0.4 is 0 Å². The zero-order chi connectivity index (χ0) is 17.3. The summed E-state index contributed by atoms with van der Waals surface area (Å²) in [6.07, 6.45) is 3.10. The number of hydrogen-bond donors (Lipinski definition) is 1. The molecule has 1 aliphatic heterocycles.